The fourth-order valence-corrected chi connectivity index (χ4v) is 1.39. The molecule has 0 unspecified atom stereocenters. The predicted octanol–water partition coefficient (Wildman–Crippen LogP) is 3.67. The van der Waals surface area contributed by atoms with Crippen LogP contribution in [0.25, 0.3) is 0 Å². The maximum absolute atomic E-state index is 13.7. The number of nitrogens with one attached hydrogen (secondary N) is 1. The first-order valence-electron chi connectivity index (χ1n) is 6.27. The Morgan fingerprint density at radius 3 is 2.67 bits per heavy atom. The molecule has 1 aromatic rings. The Morgan fingerprint density at radius 2 is 2.11 bits per heavy atom. The summed E-state index contributed by atoms with van der Waals surface area (Å²) in [7, 11) is 0. The summed E-state index contributed by atoms with van der Waals surface area (Å²) in [5.74, 6) is 0.000934. The topological polar surface area (TPSA) is 21.3 Å². The van der Waals surface area contributed by atoms with Crippen LogP contribution in [0.1, 0.15) is 33.3 Å². The molecule has 2 nitrogen and oxygen atoms in total. The lowest BCUT2D eigenvalue weighted by atomic mass is 10.2. The van der Waals surface area contributed by atoms with Crippen molar-refractivity contribution in [3.63, 3.8) is 0 Å². The Labute approximate surface area is 109 Å². The molecule has 0 aromatic heterocycles. The molecule has 0 aliphatic rings. The molecule has 100 valence electrons. The molecule has 0 saturated heterocycles. The van der Waals surface area contributed by atoms with Gasteiger partial charge in [-0.15, -0.1) is 0 Å². The van der Waals surface area contributed by atoms with Crippen molar-refractivity contribution in [2.45, 2.75) is 40.3 Å². The largest absolute Gasteiger partial charge is 0.486 e. The van der Waals surface area contributed by atoms with Gasteiger partial charge in [-0.2, -0.15) is 0 Å². The Kier molecular flexibility index (Phi) is 5.86. The molecule has 0 spiro atoms. The van der Waals surface area contributed by atoms with Crippen LogP contribution in [-0.4, -0.2) is 12.6 Å². The number of ether oxygens (including phenoxy) is 1. The van der Waals surface area contributed by atoms with E-state index < -0.39 is 0 Å². The van der Waals surface area contributed by atoms with E-state index in [1.807, 2.05) is 26.0 Å². The van der Waals surface area contributed by atoms with Gasteiger partial charge in [-0.3, -0.25) is 0 Å². The van der Waals surface area contributed by atoms with E-state index in [1.54, 1.807) is 6.07 Å². The summed E-state index contributed by atoms with van der Waals surface area (Å²) in [4.78, 5) is 0. The minimum absolute atomic E-state index is 0.305. The van der Waals surface area contributed by atoms with Crippen molar-refractivity contribution < 1.29 is 9.13 Å². The molecule has 0 aliphatic heterocycles. The van der Waals surface area contributed by atoms with Gasteiger partial charge < -0.3 is 10.1 Å². The zero-order valence-electron chi connectivity index (χ0n) is 11.6. The molecule has 1 aromatic carbocycles. The number of allylic oxidation sites excluding steroid dienone is 1. The molecule has 0 aliphatic carbocycles. The second kappa shape index (κ2) is 7.17. The maximum atomic E-state index is 13.7. The number of hydrogen-bond acceptors (Lipinski definition) is 2. The van der Waals surface area contributed by atoms with Gasteiger partial charge in [0.25, 0.3) is 0 Å². The number of halogens is 1. The zero-order chi connectivity index (χ0) is 13.5. The molecule has 0 heterocycles. The van der Waals surface area contributed by atoms with Gasteiger partial charge in [-0.25, -0.2) is 4.39 Å². The first-order valence-corrected chi connectivity index (χ1v) is 6.27. The van der Waals surface area contributed by atoms with Gasteiger partial charge in [0, 0.05) is 12.6 Å². The summed E-state index contributed by atoms with van der Waals surface area (Å²) in [6.45, 7) is 9.17. The minimum atomic E-state index is -0.305. The minimum Gasteiger partial charge on any atom is -0.486 e. The SMILES string of the molecule is CC(C)=CCOc1ccc(CNC(C)C)cc1F. The fraction of sp³-hybridized carbons (Fsp3) is 0.467. The first kappa shape index (κ1) is 14.7. The molecule has 1 N–H and O–H groups in total. The zero-order valence-corrected chi connectivity index (χ0v) is 11.6. The van der Waals surface area contributed by atoms with Gasteiger partial charge in [0.15, 0.2) is 11.6 Å². The molecule has 1 rings (SSSR count). The summed E-state index contributed by atoms with van der Waals surface area (Å²) in [6.07, 6.45) is 1.92. The van der Waals surface area contributed by atoms with E-state index in [1.165, 1.54) is 6.07 Å². The van der Waals surface area contributed by atoms with Crippen LogP contribution in [0.15, 0.2) is 29.8 Å². The normalized spacial score (nSPS) is 10.6. The molecule has 3 heteroatoms. The van der Waals surface area contributed by atoms with Gasteiger partial charge in [0.05, 0.1) is 0 Å². The fourth-order valence-electron chi connectivity index (χ4n) is 1.39. The van der Waals surface area contributed by atoms with E-state index in [9.17, 15) is 4.39 Å². The average molecular weight is 251 g/mol. The highest BCUT2D eigenvalue weighted by molar-refractivity contribution is 5.29. The molecule has 0 bridgehead atoms. The van der Waals surface area contributed by atoms with Crippen LogP contribution in [0, 0.1) is 5.82 Å². The van der Waals surface area contributed by atoms with Crippen molar-refractivity contribution in [1.82, 2.24) is 5.32 Å². The van der Waals surface area contributed by atoms with Crippen LogP contribution in [0.4, 0.5) is 4.39 Å². The lowest BCUT2D eigenvalue weighted by Crippen LogP contribution is -2.21. The molecule has 0 saturated carbocycles. The summed E-state index contributed by atoms with van der Waals surface area (Å²) < 4.78 is 19.1. The van der Waals surface area contributed by atoms with Gasteiger partial charge in [-0.05, 0) is 37.6 Å². The molecule has 0 radical (unpaired) electrons. The first-order chi connectivity index (χ1) is 8.49. The molecule has 0 fully saturated rings. The Hall–Kier alpha value is -1.35. The van der Waals surface area contributed by atoms with E-state index in [0.717, 1.165) is 11.1 Å². The highest BCUT2D eigenvalue weighted by Crippen LogP contribution is 2.18. The number of benzene rings is 1. The van der Waals surface area contributed by atoms with Crippen molar-refractivity contribution in [3.05, 3.63) is 41.2 Å². The van der Waals surface area contributed by atoms with Crippen LogP contribution in [0.5, 0.6) is 5.75 Å². The quantitative estimate of drug-likeness (QED) is 0.779. The highest BCUT2D eigenvalue weighted by Gasteiger charge is 2.04. The second-order valence-corrected chi connectivity index (χ2v) is 4.89. The molecular weight excluding hydrogens is 229 g/mol. The molecule has 0 amide bonds. The molecule has 18 heavy (non-hydrogen) atoms. The van der Waals surface area contributed by atoms with Crippen molar-refractivity contribution in [1.29, 1.82) is 0 Å². The van der Waals surface area contributed by atoms with Gasteiger partial charge in [0.2, 0.25) is 0 Å². The van der Waals surface area contributed by atoms with Crippen LogP contribution < -0.4 is 10.1 Å². The van der Waals surface area contributed by atoms with Crippen molar-refractivity contribution in [3.8, 4) is 5.75 Å². The number of rotatable bonds is 6. The third-order valence-corrected chi connectivity index (χ3v) is 2.44. The second-order valence-electron chi connectivity index (χ2n) is 4.89. The Balaban J connectivity index is 2.59. The third-order valence-electron chi connectivity index (χ3n) is 2.44. The van der Waals surface area contributed by atoms with E-state index in [0.29, 0.717) is 24.9 Å². The Morgan fingerprint density at radius 1 is 1.39 bits per heavy atom. The summed E-state index contributed by atoms with van der Waals surface area (Å²) in [6, 6.07) is 5.48. The van der Waals surface area contributed by atoms with Gasteiger partial charge >= 0.3 is 0 Å². The molecular formula is C15H22FNO. The predicted molar refractivity (Wildman–Crippen MR) is 73.3 cm³/mol. The standard InChI is InChI=1S/C15H22FNO/c1-11(2)7-8-18-15-6-5-13(9-14(15)16)10-17-12(3)4/h5-7,9,12,17H,8,10H2,1-4H3. The lowest BCUT2D eigenvalue weighted by molar-refractivity contribution is 0.340. The van der Waals surface area contributed by atoms with Gasteiger partial charge in [0.1, 0.15) is 6.61 Å². The van der Waals surface area contributed by atoms with Crippen LogP contribution in [-0.2, 0) is 6.54 Å². The summed E-state index contributed by atoms with van der Waals surface area (Å²) in [5, 5.41) is 3.25. The van der Waals surface area contributed by atoms with Crippen molar-refractivity contribution >= 4 is 0 Å². The van der Waals surface area contributed by atoms with Crippen molar-refractivity contribution in [2.24, 2.45) is 0 Å². The van der Waals surface area contributed by atoms with E-state index in [4.69, 9.17) is 4.74 Å². The van der Waals surface area contributed by atoms with Crippen LogP contribution in [0.3, 0.4) is 0 Å². The lowest BCUT2D eigenvalue weighted by Gasteiger charge is -2.10. The monoisotopic (exact) mass is 251 g/mol. The molecule has 0 atom stereocenters. The number of hydrogen-bond donors (Lipinski definition) is 1. The summed E-state index contributed by atoms with van der Waals surface area (Å²) >= 11 is 0. The third kappa shape index (κ3) is 5.32. The smallest absolute Gasteiger partial charge is 0.165 e. The summed E-state index contributed by atoms with van der Waals surface area (Å²) in [5.41, 5.74) is 2.09. The van der Waals surface area contributed by atoms with Crippen LogP contribution in [0.2, 0.25) is 0 Å². The highest BCUT2D eigenvalue weighted by atomic mass is 19.1. The Bertz CT molecular complexity index is 409. The van der Waals surface area contributed by atoms with E-state index in [2.05, 4.69) is 19.2 Å². The van der Waals surface area contributed by atoms with Gasteiger partial charge in [-0.1, -0.05) is 25.5 Å². The van der Waals surface area contributed by atoms with Crippen LogP contribution >= 0.6 is 0 Å². The maximum Gasteiger partial charge on any atom is 0.165 e. The van der Waals surface area contributed by atoms with Crippen molar-refractivity contribution in [2.75, 3.05) is 6.61 Å². The van der Waals surface area contributed by atoms with E-state index >= 15 is 0 Å². The average Bonchev–Trinajstić information content (AvgIpc) is 2.28. The van der Waals surface area contributed by atoms with E-state index in [-0.39, 0.29) is 5.82 Å².